The molecule has 4 rings (SSSR count). The van der Waals surface area contributed by atoms with Gasteiger partial charge in [-0.2, -0.15) is 0 Å². The average Bonchev–Trinajstić information content (AvgIpc) is 2.98. The van der Waals surface area contributed by atoms with Crippen molar-refractivity contribution in [2.24, 2.45) is 7.05 Å². The van der Waals surface area contributed by atoms with Gasteiger partial charge in [0.15, 0.2) is 0 Å². The number of hydrogen-bond acceptors (Lipinski definition) is 6. The molecule has 7 heteroatoms. The Labute approximate surface area is 146 Å². The highest BCUT2D eigenvalue weighted by atomic mass is 16.3. The first kappa shape index (κ1) is 16.0. The van der Waals surface area contributed by atoms with Gasteiger partial charge in [0, 0.05) is 31.9 Å². The largest absolute Gasteiger partial charge is 0.388 e. The number of rotatable bonds is 3. The van der Waals surface area contributed by atoms with Crippen LogP contribution < -0.4 is 4.90 Å². The van der Waals surface area contributed by atoms with Gasteiger partial charge >= 0.3 is 0 Å². The fourth-order valence-corrected chi connectivity index (χ4v) is 3.61. The van der Waals surface area contributed by atoms with Crippen molar-refractivity contribution in [3.63, 3.8) is 0 Å². The summed E-state index contributed by atoms with van der Waals surface area (Å²) >= 11 is 0. The van der Waals surface area contributed by atoms with Crippen molar-refractivity contribution in [1.82, 2.24) is 24.7 Å². The van der Waals surface area contributed by atoms with E-state index in [0.29, 0.717) is 13.0 Å². The van der Waals surface area contributed by atoms with Gasteiger partial charge in [0.25, 0.3) is 0 Å². The zero-order chi connectivity index (χ0) is 17.4. The summed E-state index contributed by atoms with van der Waals surface area (Å²) in [6.45, 7) is 3.47. The summed E-state index contributed by atoms with van der Waals surface area (Å²) in [6.07, 6.45) is 5.41. The molecule has 1 aliphatic heterocycles. The van der Waals surface area contributed by atoms with Crippen LogP contribution in [0.25, 0.3) is 10.9 Å². The molecule has 1 atom stereocenters. The van der Waals surface area contributed by atoms with Crippen LogP contribution in [0.4, 0.5) is 5.82 Å². The smallest absolute Gasteiger partial charge is 0.139 e. The molecule has 1 unspecified atom stereocenters. The van der Waals surface area contributed by atoms with Crippen molar-refractivity contribution < 1.29 is 5.11 Å². The molecule has 0 amide bonds. The predicted molar refractivity (Wildman–Crippen MR) is 95.4 cm³/mol. The topological polar surface area (TPSA) is 80.0 Å². The summed E-state index contributed by atoms with van der Waals surface area (Å²) in [4.78, 5) is 11.1. The Balaban J connectivity index is 1.65. The predicted octanol–water partition coefficient (Wildman–Crippen LogP) is 1.64. The molecule has 0 radical (unpaired) electrons. The molecule has 0 bridgehead atoms. The Morgan fingerprint density at radius 2 is 2.16 bits per heavy atom. The molecule has 7 nitrogen and oxygen atoms in total. The fraction of sp³-hybridized carbons (Fsp3) is 0.444. The number of hydrogen-bond donors (Lipinski definition) is 1. The van der Waals surface area contributed by atoms with Crippen molar-refractivity contribution >= 4 is 16.7 Å². The molecule has 1 fully saturated rings. The van der Waals surface area contributed by atoms with Gasteiger partial charge < -0.3 is 14.6 Å². The quantitative estimate of drug-likeness (QED) is 0.782. The van der Waals surface area contributed by atoms with Crippen molar-refractivity contribution in [1.29, 1.82) is 0 Å². The average molecular weight is 338 g/mol. The van der Waals surface area contributed by atoms with Gasteiger partial charge in [0.2, 0.25) is 0 Å². The van der Waals surface area contributed by atoms with Crippen LogP contribution in [0, 0.1) is 6.92 Å². The number of aryl methyl sites for hydroxylation is 2. The van der Waals surface area contributed by atoms with E-state index in [-0.39, 0.29) is 0 Å². The molecule has 2 aromatic heterocycles. The Morgan fingerprint density at radius 1 is 1.28 bits per heavy atom. The van der Waals surface area contributed by atoms with Crippen LogP contribution in [0.5, 0.6) is 0 Å². The van der Waals surface area contributed by atoms with E-state index in [4.69, 9.17) is 0 Å². The van der Waals surface area contributed by atoms with Gasteiger partial charge in [0.1, 0.15) is 24.3 Å². The standard InChI is InChI=1S/C18H22N6O/c1-13-4-5-15-14(8-13)17(20-11-19-15)24-7-3-6-18(25,10-24)9-16-22-21-12-23(16)2/h4-5,8,11-12,25H,3,6-7,9-10H2,1-2H3. The molecular formula is C18H22N6O. The van der Waals surface area contributed by atoms with Crippen LogP contribution in [-0.2, 0) is 13.5 Å². The minimum Gasteiger partial charge on any atom is -0.388 e. The molecule has 0 saturated carbocycles. The molecule has 3 heterocycles. The van der Waals surface area contributed by atoms with Crippen LogP contribution in [0.1, 0.15) is 24.2 Å². The van der Waals surface area contributed by atoms with Crippen molar-refractivity contribution in [2.75, 3.05) is 18.0 Å². The first-order valence-electron chi connectivity index (χ1n) is 8.56. The van der Waals surface area contributed by atoms with Crippen LogP contribution in [0.2, 0.25) is 0 Å². The first-order chi connectivity index (χ1) is 12.0. The number of fused-ring (bicyclic) bond motifs is 1. The lowest BCUT2D eigenvalue weighted by atomic mass is 9.89. The van der Waals surface area contributed by atoms with Gasteiger partial charge in [0.05, 0.1) is 11.1 Å². The highest BCUT2D eigenvalue weighted by Crippen LogP contribution is 2.31. The molecule has 130 valence electrons. The minimum atomic E-state index is -0.833. The van der Waals surface area contributed by atoms with Crippen LogP contribution >= 0.6 is 0 Å². The molecule has 0 aliphatic carbocycles. The number of aliphatic hydroxyl groups is 1. The van der Waals surface area contributed by atoms with Gasteiger partial charge in [-0.15, -0.1) is 10.2 Å². The number of anilines is 1. The van der Waals surface area contributed by atoms with Crippen molar-refractivity contribution in [3.8, 4) is 0 Å². The first-order valence-corrected chi connectivity index (χ1v) is 8.56. The molecule has 1 N–H and O–H groups in total. The Hall–Kier alpha value is -2.54. The Bertz CT molecular complexity index is 907. The third-order valence-electron chi connectivity index (χ3n) is 4.92. The summed E-state index contributed by atoms with van der Waals surface area (Å²) in [5.41, 5.74) is 1.27. The fourth-order valence-electron chi connectivity index (χ4n) is 3.61. The highest BCUT2D eigenvalue weighted by Gasteiger charge is 2.35. The SMILES string of the molecule is Cc1ccc2ncnc(N3CCCC(O)(Cc4nncn4C)C3)c2c1. The molecule has 0 spiro atoms. The Morgan fingerprint density at radius 3 is 2.96 bits per heavy atom. The van der Waals surface area contributed by atoms with Crippen LogP contribution in [-0.4, -0.2) is 48.5 Å². The van der Waals surface area contributed by atoms with Crippen molar-refractivity contribution in [3.05, 3.63) is 42.2 Å². The minimum absolute atomic E-state index is 0.488. The van der Waals surface area contributed by atoms with Crippen LogP contribution in [0.3, 0.4) is 0 Å². The lowest BCUT2D eigenvalue weighted by Gasteiger charge is -2.39. The second-order valence-corrected chi connectivity index (χ2v) is 7.00. The molecule has 1 aromatic carbocycles. The van der Waals surface area contributed by atoms with E-state index in [1.807, 2.05) is 17.7 Å². The molecule has 1 saturated heterocycles. The third-order valence-corrected chi connectivity index (χ3v) is 4.92. The van der Waals surface area contributed by atoms with E-state index in [9.17, 15) is 5.11 Å². The number of β-amino-alcohol motifs (C(OH)–C–C–N with tert-alkyl or cyclic N) is 1. The zero-order valence-corrected chi connectivity index (χ0v) is 14.6. The molecule has 25 heavy (non-hydrogen) atoms. The summed E-state index contributed by atoms with van der Waals surface area (Å²) < 4.78 is 1.86. The van der Waals surface area contributed by atoms with Crippen LogP contribution in [0.15, 0.2) is 30.9 Å². The molecular weight excluding hydrogens is 316 g/mol. The van der Waals surface area contributed by atoms with E-state index in [0.717, 1.165) is 41.9 Å². The van der Waals surface area contributed by atoms with Gasteiger partial charge in [-0.05, 0) is 31.9 Å². The van der Waals surface area contributed by atoms with E-state index in [1.54, 1.807) is 12.7 Å². The summed E-state index contributed by atoms with van der Waals surface area (Å²) in [7, 11) is 1.90. The normalized spacial score (nSPS) is 21.0. The lowest BCUT2D eigenvalue weighted by Crippen LogP contribution is -2.50. The lowest BCUT2D eigenvalue weighted by molar-refractivity contribution is 0.0237. The zero-order valence-electron chi connectivity index (χ0n) is 14.6. The molecule has 3 aromatic rings. The van der Waals surface area contributed by atoms with E-state index >= 15 is 0 Å². The number of benzene rings is 1. The number of nitrogens with zero attached hydrogens (tertiary/aromatic N) is 6. The maximum absolute atomic E-state index is 11.2. The number of aromatic nitrogens is 5. The van der Waals surface area contributed by atoms with Gasteiger partial charge in [-0.25, -0.2) is 9.97 Å². The summed E-state index contributed by atoms with van der Waals surface area (Å²) in [6, 6.07) is 6.19. The summed E-state index contributed by atoms with van der Waals surface area (Å²) in [5, 5.41) is 20.2. The van der Waals surface area contributed by atoms with E-state index in [1.165, 1.54) is 5.56 Å². The monoisotopic (exact) mass is 338 g/mol. The summed E-state index contributed by atoms with van der Waals surface area (Å²) in [5.74, 6) is 1.69. The van der Waals surface area contributed by atoms with Gasteiger partial charge in [-0.3, -0.25) is 0 Å². The van der Waals surface area contributed by atoms with E-state index < -0.39 is 5.60 Å². The third kappa shape index (κ3) is 3.07. The Kier molecular flexibility index (Phi) is 3.88. The highest BCUT2D eigenvalue weighted by molar-refractivity contribution is 5.89. The second-order valence-electron chi connectivity index (χ2n) is 7.00. The maximum atomic E-state index is 11.2. The van der Waals surface area contributed by atoms with Crippen molar-refractivity contribution in [2.45, 2.75) is 31.8 Å². The van der Waals surface area contributed by atoms with Gasteiger partial charge in [-0.1, -0.05) is 11.6 Å². The molecule has 1 aliphatic rings. The van der Waals surface area contributed by atoms with E-state index in [2.05, 4.69) is 44.1 Å². The number of piperidine rings is 1. The second kappa shape index (κ2) is 6.07. The maximum Gasteiger partial charge on any atom is 0.139 e.